The Morgan fingerprint density at radius 1 is 1.15 bits per heavy atom. The predicted octanol–water partition coefficient (Wildman–Crippen LogP) is 2.61. The van der Waals surface area contributed by atoms with Gasteiger partial charge in [-0.05, 0) is 37.8 Å². The van der Waals surface area contributed by atoms with E-state index in [9.17, 15) is 14.0 Å². The van der Waals surface area contributed by atoms with Crippen LogP contribution in [0.5, 0.6) is 0 Å². The topological polar surface area (TPSA) is 75.4 Å². The number of benzene rings is 1. The zero-order valence-corrected chi connectivity index (χ0v) is 14.3. The maximum Gasteiger partial charge on any atom is 0.273 e. The standard InChI is InChI=1S/C19H20FN3O3/c20-15-4-2-1-3-14(15)17-11-16(22-26-17)18(24)21-13-7-9-23(10-8-13)19(25)12-5-6-12/h1-4,11-13H,5-10H2,(H,21,24). The van der Waals surface area contributed by atoms with Crippen molar-refractivity contribution in [1.82, 2.24) is 15.4 Å². The molecule has 6 nitrogen and oxygen atoms in total. The van der Waals surface area contributed by atoms with E-state index in [1.807, 2.05) is 4.90 Å². The molecule has 1 saturated heterocycles. The molecule has 1 aromatic heterocycles. The Balaban J connectivity index is 1.34. The van der Waals surface area contributed by atoms with Gasteiger partial charge in [0.2, 0.25) is 5.91 Å². The molecule has 4 rings (SSSR count). The number of likely N-dealkylation sites (tertiary alicyclic amines) is 1. The summed E-state index contributed by atoms with van der Waals surface area (Å²) in [6.07, 6.45) is 3.46. The number of nitrogens with one attached hydrogen (secondary N) is 1. The molecule has 0 atom stereocenters. The van der Waals surface area contributed by atoms with E-state index >= 15 is 0 Å². The van der Waals surface area contributed by atoms with Crippen molar-refractivity contribution >= 4 is 11.8 Å². The Hall–Kier alpha value is -2.70. The lowest BCUT2D eigenvalue weighted by Gasteiger charge is -2.32. The number of nitrogens with zero attached hydrogens (tertiary/aromatic N) is 2. The minimum absolute atomic E-state index is 0.000588. The van der Waals surface area contributed by atoms with Gasteiger partial charge in [0.25, 0.3) is 5.91 Å². The zero-order chi connectivity index (χ0) is 18.1. The Bertz CT molecular complexity index is 823. The maximum absolute atomic E-state index is 13.8. The molecular weight excluding hydrogens is 337 g/mol. The largest absolute Gasteiger partial charge is 0.355 e. The summed E-state index contributed by atoms with van der Waals surface area (Å²) in [7, 11) is 0. The number of hydrogen-bond donors (Lipinski definition) is 1. The monoisotopic (exact) mass is 357 g/mol. The van der Waals surface area contributed by atoms with Gasteiger partial charge in [0.05, 0.1) is 5.56 Å². The molecule has 0 radical (unpaired) electrons. The quantitative estimate of drug-likeness (QED) is 0.913. The van der Waals surface area contributed by atoms with Crippen LogP contribution in [0.3, 0.4) is 0 Å². The van der Waals surface area contributed by atoms with E-state index in [-0.39, 0.29) is 40.8 Å². The highest BCUT2D eigenvalue weighted by molar-refractivity contribution is 5.93. The van der Waals surface area contributed by atoms with Crippen molar-refractivity contribution < 1.29 is 18.5 Å². The van der Waals surface area contributed by atoms with Crippen molar-refractivity contribution in [3.63, 3.8) is 0 Å². The first-order chi connectivity index (χ1) is 12.6. The van der Waals surface area contributed by atoms with Crippen LogP contribution in [-0.4, -0.2) is 41.0 Å². The molecule has 1 saturated carbocycles. The summed E-state index contributed by atoms with van der Waals surface area (Å²) < 4.78 is 18.9. The van der Waals surface area contributed by atoms with Crippen LogP contribution in [0.15, 0.2) is 34.9 Å². The minimum atomic E-state index is -0.427. The van der Waals surface area contributed by atoms with Crippen LogP contribution in [0.4, 0.5) is 4.39 Å². The summed E-state index contributed by atoms with van der Waals surface area (Å²) in [5.41, 5.74) is 0.394. The number of hydrogen-bond acceptors (Lipinski definition) is 4. The van der Waals surface area contributed by atoms with E-state index in [2.05, 4.69) is 10.5 Å². The Morgan fingerprint density at radius 2 is 1.88 bits per heavy atom. The fourth-order valence-corrected chi connectivity index (χ4v) is 3.26. The summed E-state index contributed by atoms with van der Waals surface area (Å²) in [6.45, 7) is 1.33. The molecule has 1 N–H and O–H groups in total. The second kappa shape index (κ2) is 6.90. The molecule has 26 heavy (non-hydrogen) atoms. The number of aromatic nitrogens is 1. The van der Waals surface area contributed by atoms with E-state index in [0.717, 1.165) is 25.7 Å². The van der Waals surface area contributed by atoms with Gasteiger partial charge >= 0.3 is 0 Å². The molecule has 7 heteroatoms. The van der Waals surface area contributed by atoms with Crippen LogP contribution in [0.2, 0.25) is 0 Å². The first kappa shape index (κ1) is 16.8. The first-order valence-corrected chi connectivity index (χ1v) is 8.93. The van der Waals surface area contributed by atoms with Crippen LogP contribution in [0.25, 0.3) is 11.3 Å². The van der Waals surface area contributed by atoms with Gasteiger partial charge in [0.1, 0.15) is 5.82 Å². The normalized spacial score (nSPS) is 18.0. The van der Waals surface area contributed by atoms with Gasteiger partial charge in [-0.3, -0.25) is 9.59 Å². The third kappa shape index (κ3) is 3.47. The number of carbonyl (C=O) groups excluding carboxylic acids is 2. The summed E-state index contributed by atoms with van der Waals surface area (Å²) in [4.78, 5) is 26.3. The van der Waals surface area contributed by atoms with Gasteiger partial charge in [0.15, 0.2) is 11.5 Å². The second-order valence-electron chi connectivity index (χ2n) is 6.90. The van der Waals surface area contributed by atoms with Crippen molar-refractivity contribution in [2.45, 2.75) is 31.7 Å². The lowest BCUT2D eigenvalue weighted by atomic mass is 10.0. The van der Waals surface area contributed by atoms with Crippen LogP contribution in [0, 0.1) is 11.7 Å². The van der Waals surface area contributed by atoms with E-state index in [0.29, 0.717) is 13.1 Å². The van der Waals surface area contributed by atoms with Crippen LogP contribution in [0.1, 0.15) is 36.2 Å². The zero-order valence-electron chi connectivity index (χ0n) is 14.3. The van der Waals surface area contributed by atoms with Crippen molar-refractivity contribution in [3.8, 4) is 11.3 Å². The van der Waals surface area contributed by atoms with Crippen molar-refractivity contribution in [1.29, 1.82) is 0 Å². The molecular formula is C19H20FN3O3. The molecule has 1 aliphatic heterocycles. The number of piperidine rings is 1. The molecule has 2 aliphatic rings. The highest BCUT2D eigenvalue weighted by atomic mass is 19.1. The van der Waals surface area contributed by atoms with Gasteiger partial charge in [-0.25, -0.2) is 4.39 Å². The number of carbonyl (C=O) groups is 2. The van der Waals surface area contributed by atoms with E-state index in [4.69, 9.17) is 4.52 Å². The molecule has 0 unspecified atom stereocenters. The smallest absolute Gasteiger partial charge is 0.273 e. The molecule has 1 aliphatic carbocycles. The van der Waals surface area contributed by atoms with Gasteiger partial charge in [-0.2, -0.15) is 0 Å². The molecule has 2 aromatic rings. The SMILES string of the molecule is O=C(NC1CCN(C(=O)C2CC2)CC1)c1cc(-c2ccccc2F)on1. The van der Waals surface area contributed by atoms with Gasteiger partial charge in [-0.1, -0.05) is 17.3 Å². The Kier molecular flexibility index (Phi) is 4.44. The van der Waals surface area contributed by atoms with E-state index in [1.165, 1.54) is 12.1 Å². The third-order valence-electron chi connectivity index (χ3n) is 4.95. The lowest BCUT2D eigenvalue weighted by molar-refractivity contribution is -0.133. The molecule has 2 fully saturated rings. The average molecular weight is 357 g/mol. The fraction of sp³-hybridized carbons (Fsp3) is 0.421. The van der Waals surface area contributed by atoms with E-state index < -0.39 is 5.82 Å². The average Bonchev–Trinajstić information content (AvgIpc) is 3.39. The molecule has 136 valence electrons. The number of amides is 2. The Morgan fingerprint density at radius 3 is 2.58 bits per heavy atom. The number of halogens is 1. The lowest BCUT2D eigenvalue weighted by Crippen LogP contribution is -2.47. The van der Waals surface area contributed by atoms with Crippen LogP contribution < -0.4 is 5.32 Å². The third-order valence-corrected chi connectivity index (χ3v) is 4.95. The van der Waals surface area contributed by atoms with Crippen molar-refractivity contribution in [3.05, 3.63) is 41.8 Å². The molecule has 2 amide bonds. The highest BCUT2D eigenvalue weighted by Crippen LogP contribution is 2.32. The van der Waals surface area contributed by atoms with E-state index in [1.54, 1.807) is 18.2 Å². The maximum atomic E-state index is 13.8. The van der Waals surface area contributed by atoms with Gasteiger partial charge in [0, 0.05) is 31.1 Å². The van der Waals surface area contributed by atoms with Crippen molar-refractivity contribution in [2.24, 2.45) is 5.92 Å². The summed E-state index contributed by atoms with van der Waals surface area (Å²) in [5.74, 6) is -0.0707. The summed E-state index contributed by atoms with van der Waals surface area (Å²) in [6, 6.07) is 7.62. The first-order valence-electron chi connectivity index (χ1n) is 8.93. The molecule has 2 heterocycles. The Labute approximate surface area is 150 Å². The fourth-order valence-electron chi connectivity index (χ4n) is 3.26. The highest BCUT2D eigenvalue weighted by Gasteiger charge is 2.35. The summed E-state index contributed by atoms with van der Waals surface area (Å²) >= 11 is 0. The molecule has 0 spiro atoms. The van der Waals surface area contributed by atoms with Crippen molar-refractivity contribution in [2.75, 3.05) is 13.1 Å². The molecule has 0 bridgehead atoms. The van der Waals surface area contributed by atoms with Gasteiger partial charge in [-0.15, -0.1) is 0 Å². The predicted molar refractivity (Wildman–Crippen MR) is 91.7 cm³/mol. The van der Waals surface area contributed by atoms with Crippen LogP contribution in [-0.2, 0) is 4.79 Å². The number of rotatable bonds is 4. The molecule has 1 aromatic carbocycles. The van der Waals surface area contributed by atoms with Gasteiger partial charge < -0.3 is 14.7 Å². The minimum Gasteiger partial charge on any atom is -0.355 e. The van der Waals surface area contributed by atoms with Crippen LogP contribution >= 0.6 is 0 Å². The second-order valence-corrected chi connectivity index (χ2v) is 6.90. The summed E-state index contributed by atoms with van der Waals surface area (Å²) in [5, 5.41) is 6.68.